The zero-order valence-electron chi connectivity index (χ0n) is 8.23. The third-order valence-electron chi connectivity index (χ3n) is 2.36. The highest BCUT2D eigenvalue weighted by molar-refractivity contribution is 5.70. The molecule has 0 unspecified atom stereocenters. The summed E-state index contributed by atoms with van der Waals surface area (Å²) in [5.41, 5.74) is 1.41. The normalized spacial score (nSPS) is 24.1. The number of nitrogens with zero attached hydrogens (tertiary/aromatic N) is 1. The van der Waals surface area contributed by atoms with Gasteiger partial charge in [-0.25, -0.2) is 9.64 Å². The number of alkyl carbamates (subject to hydrolysis) is 1. The number of carbonyl (C=O) groups is 1. The van der Waals surface area contributed by atoms with Crippen molar-refractivity contribution in [3.63, 3.8) is 0 Å². The maximum absolute atomic E-state index is 11.0. The molecule has 1 aliphatic heterocycles. The average Bonchev–Trinajstić information content (AvgIpc) is 2.58. The summed E-state index contributed by atoms with van der Waals surface area (Å²) < 4.78 is 5.11. The molecule has 15 heavy (non-hydrogen) atoms. The third kappa shape index (κ3) is 1.77. The van der Waals surface area contributed by atoms with E-state index in [9.17, 15) is 4.79 Å². The maximum Gasteiger partial charge on any atom is 0.408 e. The first-order valence-electron chi connectivity index (χ1n) is 4.65. The zero-order valence-corrected chi connectivity index (χ0v) is 8.23. The SMILES string of the molecule is [C-]#[N+]c1cccc([C@@H]2OC(=O)N[C@H]2C)c1. The van der Waals surface area contributed by atoms with E-state index < -0.39 is 6.09 Å². The fourth-order valence-corrected chi connectivity index (χ4v) is 1.64. The second-order valence-electron chi connectivity index (χ2n) is 3.47. The predicted octanol–water partition coefficient (Wildman–Crippen LogP) is 2.41. The average molecular weight is 202 g/mol. The van der Waals surface area contributed by atoms with E-state index in [1.165, 1.54) is 0 Å². The van der Waals surface area contributed by atoms with Gasteiger partial charge < -0.3 is 10.1 Å². The molecule has 1 saturated heterocycles. The van der Waals surface area contributed by atoms with Gasteiger partial charge in [-0.1, -0.05) is 18.2 Å². The van der Waals surface area contributed by atoms with Crippen LogP contribution in [0.25, 0.3) is 4.85 Å². The zero-order chi connectivity index (χ0) is 10.8. The van der Waals surface area contributed by atoms with Crippen LogP contribution in [0.2, 0.25) is 0 Å². The molecule has 0 bridgehead atoms. The Labute approximate surface area is 87.7 Å². The fourth-order valence-electron chi connectivity index (χ4n) is 1.64. The van der Waals surface area contributed by atoms with Crippen molar-refractivity contribution in [3.05, 3.63) is 41.2 Å². The van der Waals surface area contributed by atoms with Gasteiger partial charge in [0.25, 0.3) is 0 Å². The van der Waals surface area contributed by atoms with Crippen molar-refractivity contribution in [2.75, 3.05) is 0 Å². The van der Waals surface area contributed by atoms with Crippen LogP contribution in [0.15, 0.2) is 24.3 Å². The van der Waals surface area contributed by atoms with Gasteiger partial charge in [0, 0.05) is 0 Å². The monoisotopic (exact) mass is 202 g/mol. The van der Waals surface area contributed by atoms with Crippen molar-refractivity contribution in [3.8, 4) is 0 Å². The second-order valence-corrected chi connectivity index (χ2v) is 3.47. The summed E-state index contributed by atoms with van der Waals surface area (Å²) in [4.78, 5) is 14.3. The molecule has 0 saturated carbocycles. The van der Waals surface area contributed by atoms with Crippen molar-refractivity contribution in [2.24, 2.45) is 0 Å². The van der Waals surface area contributed by atoms with Gasteiger partial charge in [-0.05, 0) is 18.6 Å². The van der Waals surface area contributed by atoms with E-state index in [0.29, 0.717) is 5.69 Å². The van der Waals surface area contributed by atoms with Crippen LogP contribution in [-0.2, 0) is 4.74 Å². The van der Waals surface area contributed by atoms with Crippen LogP contribution in [0.5, 0.6) is 0 Å². The van der Waals surface area contributed by atoms with Crippen LogP contribution in [0.4, 0.5) is 10.5 Å². The number of nitrogens with one attached hydrogen (secondary N) is 1. The topological polar surface area (TPSA) is 42.7 Å². The van der Waals surface area contributed by atoms with E-state index in [2.05, 4.69) is 10.2 Å². The lowest BCUT2D eigenvalue weighted by Crippen LogP contribution is -2.23. The maximum atomic E-state index is 11.0. The highest BCUT2D eigenvalue weighted by atomic mass is 16.6. The van der Waals surface area contributed by atoms with Gasteiger partial charge in [0.1, 0.15) is 6.10 Å². The molecule has 0 aliphatic carbocycles. The minimum atomic E-state index is -0.402. The van der Waals surface area contributed by atoms with Crippen molar-refractivity contribution >= 4 is 11.8 Å². The summed E-state index contributed by atoms with van der Waals surface area (Å²) >= 11 is 0. The number of rotatable bonds is 1. The van der Waals surface area contributed by atoms with Gasteiger partial charge in [-0.3, -0.25) is 0 Å². The minimum Gasteiger partial charge on any atom is -0.439 e. The molecule has 1 heterocycles. The number of benzene rings is 1. The molecule has 0 radical (unpaired) electrons. The molecular formula is C11H10N2O2. The lowest BCUT2D eigenvalue weighted by atomic mass is 10.0. The molecule has 76 valence electrons. The number of carbonyl (C=O) groups excluding carboxylic acids is 1. The van der Waals surface area contributed by atoms with Gasteiger partial charge in [0.15, 0.2) is 5.69 Å². The Hall–Kier alpha value is -2.02. The highest BCUT2D eigenvalue weighted by Gasteiger charge is 2.31. The van der Waals surface area contributed by atoms with Crippen molar-refractivity contribution in [2.45, 2.75) is 19.1 Å². The van der Waals surface area contributed by atoms with Crippen molar-refractivity contribution in [1.82, 2.24) is 5.32 Å². The Bertz CT molecular complexity index is 436. The van der Waals surface area contributed by atoms with Gasteiger partial charge in [-0.15, -0.1) is 0 Å². The summed E-state index contributed by atoms with van der Waals surface area (Å²) in [5.74, 6) is 0. The van der Waals surface area contributed by atoms with Gasteiger partial charge >= 0.3 is 6.09 Å². The molecule has 1 aromatic carbocycles. The Morgan fingerprint density at radius 1 is 1.53 bits per heavy atom. The first-order valence-corrected chi connectivity index (χ1v) is 4.65. The standard InChI is InChI=1S/C11H10N2O2/c1-7-10(15-11(14)13-7)8-4-3-5-9(6-8)12-2/h3-7,10H,1H3,(H,13,14)/t7-,10+/m0/s1. The molecule has 2 atom stereocenters. The number of ether oxygens (including phenoxy) is 1. The number of cyclic esters (lactones) is 1. The number of amides is 1. The fraction of sp³-hybridized carbons (Fsp3) is 0.273. The molecule has 4 heteroatoms. The molecule has 1 N–H and O–H groups in total. The summed E-state index contributed by atoms with van der Waals surface area (Å²) in [5, 5.41) is 2.66. The van der Waals surface area contributed by atoms with Crippen molar-refractivity contribution < 1.29 is 9.53 Å². The molecule has 1 amide bonds. The van der Waals surface area contributed by atoms with Gasteiger partial charge in [-0.2, -0.15) is 0 Å². The lowest BCUT2D eigenvalue weighted by molar-refractivity contribution is 0.134. The Balaban J connectivity index is 2.30. The molecule has 0 spiro atoms. The minimum absolute atomic E-state index is 0.0570. The largest absolute Gasteiger partial charge is 0.439 e. The Kier molecular flexibility index (Phi) is 2.30. The lowest BCUT2D eigenvalue weighted by Gasteiger charge is -2.12. The predicted molar refractivity (Wildman–Crippen MR) is 54.5 cm³/mol. The molecular weight excluding hydrogens is 192 g/mol. The van der Waals surface area contributed by atoms with E-state index >= 15 is 0 Å². The number of hydrogen-bond donors (Lipinski definition) is 1. The quantitative estimate of drug-likeness (QED) is 0.710. The third-order valence-corrected chi connectivity index (χ3v) is 2.36. The number of hydrogen-bond acceptors (Lipinski definition) is 2. The molecule has 1 aliphatic rings. The van der Waals surface area contributed by atoms with Crippen LogP contribution in [-0.4, -0.2) is 12.1 Å². The molecule has 0 aromatic heterocycles. The van der Waals surface area contributed by atoms with Gasteiger partial charge in [0.2, 0.25) is 0 Å². The second kappa shape index (κ2) is 3.62. The van der Waals surface area contributed by atoms with Crippen LogP contribution in [0, 0.1) is 6.57 Å². The van der Waals surface area contributed by atoms with E-state index in [1.54, 1.807) is 18.2 Å². The summed E-state index contributed by atoms with van der Waals surface area (Å²) in [6.07, 6.45) is -0.695. The van der Waals surface area contributed by atoms with Crippen LogP contribution >= 0.6 is 0 Å². The molecule has 4 nitrogen and oxygen atoms in total. The molecule has 1 aromatic rings. The van der Waals surface area contributed by atoms with Crippen LogP contribution in [0.3, 0.4) is 0 Å². The van der Waals surface area contributed by atoms with Gasteiger partial charge in [0.05, 0.1) is 12.6 Å². The van der Waals surface area contributed by atoms with E-state index in [-0.39, 0.29) is 12.1 Å². The summed E-state index contributed by atoms with van der Waals surface area (Å²) in [7, 11) is 0. The van der Waals surface area contributed by atoms with Crippen LogP contribution < -0.4 is 5.32 Å². The first kappa shape index (κ1) is 9.53. The molecule has 1 fully saturated rings. The van der Waals surface area contributed by atoms with Crippen molar-refractivity contribution in [1.29, 1.82) is 0 Å². The van der Waals surface area contributed by atoms with E-state index in [0.717, 1.165) is 5.56 Å². The smallest absolute Gasteiger partial charge is 0.408 e. The Morgan fingerprint density at radius 3 is 2.93 bits per heavy atom. The Morgan fingerprint density at radius 2 is 2.33 bits per heavy atom. The summed E-state index contributed by atoms with van der Waals surface area (Å²) in [6.45, 7) is 8.78. The van der Waals surface area contributed by atoms with E-state index in [4.69, 9.17) is 11.3 Å². The molecule has 2 rings (SSSR count). The van der Waals surface area contributed by atoms with E-state index in [1.807, 2.05) is 13.0 Å². The highest BCUT2D eigenvalue weighted by Crippen LogP contribution is 2.28. The summed E-state index contributed by atoms with van der Waals surface area (Å²) in [6, 6.07) is 7.07. The van der Waals surface area contributed by atoms with Crippen LogP contribution in [0.1, 0.15) is 18.6 Å². The first-order chi connectivity index (χ1) is 7.20.